The Bertz CT molecular complexity index is 666. The summed E-state index contributed by atoms with van der Waals surface area (Å²) in [5.74, 6) is -0.723. The van der Waals surface area contributed by atoms with Crippen molar-refractivity contribution in [1.82, 2.24) is 0 Å². The average molecular weight is 335 g/mol. The van der Waals surface area contributed by atoms with E-state index in [4.69, 9.17) is 0 Å². The van der Waals surface area contributed by atoms with Gasteiger partial charge in [-0.05, 0) is 0 Å². The zero-order valence-corrected chi connectivity index (χ0v) is 12.1. The van der Waals surface area contributed by atoms with Gasteiger partial charge in [0.2, 0.25) is 5.78 Å². The fourth-order valence-electron chi connectivity index (χ4n) is 1.77. The molecule has 0 atom stereocenters. The van der Waals surface area contributed by atoms with E-state index < -0.39 is 38.2 Å². The van der Waals surface area contributed by atoms with E-state index in [-0.39, 0.29) is 5.56 Å². The molecule has 2 rings (SSSR count). The maximum absolute atomic E-state index is 12.1. The molecular weight excluding hydrogens is 324 g/mol. The summed E-state index contributed by atoms with van der Waals surface area (Å²) in [6, 6.07) is 7.63. The molecule has 4 N–H and O–H groups in total. The summed E-state index contributed by atoms with van der Waals surface area (Å²) in [6.45, 7) is 0. The standard InChI is InChI=1S/C10H11NO8P2/c12-9(7-4-2-1-3-5-7)8-6-10(19-11-8,20(13,14)15)21(16,17)18/h1-5H,6H2,(H2,13,14,15)(H2,16,17,18). The first kappa shape index (κ1) is 16.0. The summed E-state index contributed by atoms with van der Waals surface area (Å²) in [4.78, 5) is 53.2. The SMILES string of the molecule is O=C(C1=NOC(P(=O)(O)O)(P(=O)(O)O)C1)c1ccccc1. The van der Waals surface area contributed by atoms with Crippen molar-refractivity contribution in [2.24, 2.45) is 5.16 Å². The van der Waals surface area contributed by atoms with Crippen LogP contribution in [0.15, 0.2) is 35.5 Å². The third kappa shape index (κ3) is 2.72. The lowest BCUT2D eigenvalue weighted by molar-refractivity contribution is 0.0645. The van der Waals surface area contributed by atoms with E-state index in [9.17, 15) is 33.5 Å². The number of hydrogen-bond donors (Lipinski definition) is 4. The molecular formula is C10H11NO8P2. The Labute approximate surface area is 118 Å². The summed E-state index contributed by atoms with van der Waals surface area (Å²) >= 11 is 0. The van der Waals surface area contributed by atoms with Crippen molar-refractivity contribution in [2.75, 3.05) is 0 Å². The molecule has 9 nitrogen and oxygen atoms in total. The highest BCUT2D eigenvalue weighted by Crippen LogP contribution is 2.72. The number of rotatable bonds is 4. The topological polar surface area (TPSA) is 154 Å². The number of Topliss-reactive ketones (excluding diaryl/α,β-unsaturated/α-hetero) is 1. The third-order valence-electron chi connectivity index (χ3n) is 2.91. The molecule has 0 saturated heterocycles. The molecule has 0 bridgehead atoms. The van der Waals surface area contributed by atoms with Crippen LogP contribution in [0.5, 0.6) is 0 Å². The van der Waals surface area contributed by atoms with Crippen molar-refractivity contribution in [2.45, 2.75) is 11.5 Å². The number of oxime groups is 1. The van der Waals surface area contributed by atoms with Gasteiger partial charge in [-0.1, -0.05) is 35.5 Å². The molecule has 0 aromatic heterocycles. The van der Waals surface area contributed by atoms with E-state index in [2.05, 4.69) is 9.99 Å². The average Bonchev–Trinajstić information content (AvgIpc) is 2.84. The van der Waals surface area contributed by atoms with Crippen LogP contribution in [0.3, 0.4) is 0 Å². The molecule has 0 fully saturated rings. The molecule has 0 unspecified atom stereocenters. The lowest BCUT2D eigenvalue weighted by atomic mass is 10.1. The molecule has 1 aliphatic rings. The van der Waals surface area contributed by atoms with E-state index in [0.717, 1.165) is 0 Å². The monoisotopic (exact) mass is 335 g/mol. The fraction of sp³-hybridized carbons (Fsp3) is 0.200. The molecule has 0 amide bonds. The molecule has 1 aromatic carbocycles. The van der Waals surface area contributed by atoms with E-state index in [1.54, 1.807) is 18.2 Å². The fourth-order valence-corrected chi connectivity index (χ4v) is 4.13. The third-order valence-corrected chi connectivity index (χ3v) is 6.77. The van der Waals surface area contributed by atoms with Crippen LogP contribution < -0.4 is 0 Å². The van der Waals surface area contributed by atoms with Gasteiger partial charge in [0.25, 0.3) is 0 Å². The highest BCUT2D eigenvalue weighted by molar-refractivity contribution is 7.72. The van der Waals surface area contributed by atoms with Crippen LogP contribution in [0.2, 0.25) is 0 Å². The summed E-state index contributed by atoms with van der Waals surface area (Å²) in [5.41, 5.74) is -0.306. The minimum Gasteiger partial charge on any atom is -0.362 e. The van der Waals surface area contributed by atoms with Gasteiger partial charge in [0.05, 0.1) is 6.42 Å². The predicted molar refractivity (Wildman–Crippen MR) is 70.7 cm³/mol. The molecule has 0 aliphatic carbocycles. The molecule has 1 aliphatic heterocycles. The van der Waals surface area contributed by atoms with Gasteiger partial charge in [0.15, 0.2) is 0 Å². The first-order valence-corrected chi connectivity index (χ1v) is 8.77. The van der Waals surface area contributed by atoms with Crippen molar-refractivity contribution in [3.63, 3.8) is 0 Å². The van der Waals surface area contributed by atoms with Gasteiger partial charge in [-0.25, -0.2) is 0 Å². The Kier molecular flexibility index (Phi) is 3.92. The summed E-state index contributed by atoms with van der Waals surface area (Å²) in [5, 5.41) is 0.0421. The molecule has 1 heterocycles. The Morgan fingerprint density at radius 3 is 2.05 bits per heavy atom. The van der Waals surface area contributed by atoms with Crippen LogP contribution in [-0.2, 0) is 14.0 Å². The lowest BCUT2D eigenvalue weighted by Crippen LogP contribution is -2.30. The highest BCUT2D eigenvalue weighted by Gasteiger charge is 2.67. The first-order chi connectivity index (χ1) is 9.58. The van der Waals surface area contributed by atoms with Crippen LogP contribution in [0.4, 0.5) is 0 Å². The van der Waals surface area contributed by atoms with Gasteiger partial charge >= 0.3 is 20.3 Å². The van der Waals surface area contributed by atoms with Gasteiger partial charge in [0.1, 0.15) is 5.71 Å². The number of carbonyl (C=O) groups is 1. The van der Waals surface area contributed by atoms with E-state index in [0.29, 0.717) is 0 Å². The molecule has 0 spiro atoms. The van der Waals surface area contributed by atoms with Crippen molar-refractivity contribution in [3.05, 3.63) is 35.9 Å². The maximum Gasteiger partial charge on any atom is 0.384 e. The van der Waals surface area contributed by atoms with Crippen LogP contribution >= 0.6 is 15.2 Å². The smallest absolute Gasteiger partial charge is 0.362 e. The predicted octanol–water partition coefficient (Wildman–Crippen LogP) is 0.655. The normalized spacial score (nSPS) is 18.0. The molecule has 0 saturated carbocycles. The Balaban J connectivity index is 2.36. The Morgan fingerprint density at radius 2 is 1.62 bits per heavy atom. The second-order valence-corrected chi connectivity index (χ2v) is 8.31. The van der Waals surface area contributed by atoms with Gasteiger partial charge in [-0.15, -0.1) is 0 Å². The van der Waals surface area contributed by atoms with Gasteiger partial charge in [-0.3, -0.25) is 13.9 Å². The number of carbonyl (C=O) groups excluding carboxylic acids is 1. The molecule has 1 aromatic rings. The van der Waals surface area contributed by atoms with E-state index in [1.165, 1.54) is 12.1 Å². The summed E-state index contributed by atoms with van der Waals surface area (Å²) in [7, 11) is -10.8. The Morgan fingerprint density at radius 1 is 1.10 bits per heavy atom. The van der Waals surface area contributed by atoms with Crippen molar-refractivity contribution in [1.29, 1.82) is 0 Å². The first-order valence-electron chi connectivity index (χ1n) is 5.54. The summed E-state index contributed by atoms with van der Waals surface area (Å²) in [6.07, 6.45) is -0.977. The number of hydrogen-bond acceptors (Lipinski definition) is 5. The number of benzene rings is 1. The minimum atomic E-state index is -5.39. The van der Waals surface area contributed by atoms with Crippen molar-refractivity contribution in [3.8, 4) is 0 Å². The molecule has 0 radical (unpaired) electrons. The van der Waals surface area contributed by atoms with Gasteiger partial charge in [0, 0.05) is 5.56 Å². The number of nitrogens with zero attached hydrogens (tertiary/aromatic N) is 1. The minimum absolute atomic E-state index is 0.159. The van der Waals surface area contributed by atoms with Crippen molar-refractivity contribution >= 4 is 26.7 Å². The molecule has 21 heavy (non-hydrogen) atoms. The number of ketones is 1. The van der Waals surface area contributed by atoms with Gasteiger partial charge in [-0.2, -0.15) is 0 Å². The zero-order chi connectivity index (χ0) is 15.9. The largest absolute Gasteiger partial charge is 0.384 e. The highest BCUT2D eigenvalue weighted by atomic mass is 31.2. The van der Waals surface area contributed by atoms with Crippen molar-refractivity contribution < 1.29 is 38.3 Å². The van der Waals surface area contributed by atoms with Crippen LogP contribution in [-0.4, -0.2) is 36.2 Å². The summed E-state index contributed by atoms with van der Waals surface area (Å²) < 4.78 is 22.8. The molecule has 114 valence electrons. The van der Waals surface area contributed by atoms with Crippen LogP contribution in [0, 0.1) is 0 Å². The van der Waals surface area contributed by atoms with Crippen LogP contribution in [0.25, 0.3) is 0 Å². The second kappa shape index (κ2) is 5.14. The van der Waals surface area contributed by atoms with E-state index >= 15 is 0 Å². The molecule has 11 heteroatoms. The van der Waals surface area contributed by atoms with E-state index in [1.807, 2.05) is 0 Å². The maximum atomic E-state index is 12.1. The quantitative estimate of drug-likeness (QED) is 0.462. The second-order valence-electron chi connectivity index (χ2n) is 4.33. The van der Waals surface area contributed by atoms with Gasteiger partial charge < -0.3 is 24.4 Å². The van der Waals surface area contributed by atoms with Crippen LogP contribution in [0.1, 0.15) is 16.8 Å². The Hall–Kier alpha value is -1.34. The zero-order valence-electron chi connectivity index (χ0n) is 10.4. The lowest BCUT2D eigenvalue weighted by Gasteiger charge is -2.27.